The molecule has 4 aromatic rings. The van der Waals surface area contributed by atoms with Gasteiger partial charge in [0.15, 0.2) is 0 Å². The molecule has 0 N–H and O–H groups in total. The largest absolute Gasteiger partial charge is 0.497 e. The number of halogens is 1. The van der Waals surface area contributed by atoms with Gasteiger partial charge in [0.2, 0.25) is 0 Å². The third-order valence-corrected chi connectivity index (χ3v) is 7.45. The summed E-state index contributed by atoms with van der Waals surface area (Å²) in [6, 6.07) is 40.3. The first-order chi connectivity index (χ1) is 14.3. The normalized spacial score (nSPS) is 10.2. The molecule has 0 amide bonds. The molecule has 146 valence electrons. The number of hydrogen-bond acceptors (Lipinski definition) is 1. The number of rotatable bonds is 5. The van der Waals surface area contributed by atoms with Gasteiger partial charge in [0.25, 0.3) is 0 Å². The Morgan fingerprint density at radius 2 is 0.966 bits per heavy atom. The van der Waals surface area contributed by atoms with Crippen LogP contribution >= 0.6 is 23.9 Å². The number of ether oxygens (including phenoxy) is 1. The molecule has 0 aromatic heterocycles. The maximum atomic E-state index is 5.00. The maximum Gasteiger partial charge on any atom is 0.118 e. The Labute approximate surface area is 183 Å². The van der Waals surface area contributed by atoms with Gasteiger partial charge in [-0.2, -0.15) is 0 Å². The van der Waals surface area contributed by atoms with Gasteiger partial charge in [-0.05, 0) is 41.5 Å². The summed E-state index contributed by atoms with van der Waals surface area (Å²) in [5.41, 5.74) is 1.26. The molecule has 0 saturated carbocycles. The Hall–Kier alpha value is -2.41. The van der Waals surface area contributed by atoms with E-state index in [1.165, 1.54) is 21.5 Å². The lowest BCUT2D eigenvalue weighted by Crippen LogP contribution is -2.20. The smallest absolute Gasteiger partial charge is 0.118 e. The van der Waals surface area contributed by atoms with Crippen molar-refractivity contribution in [2.45, 2.75) is 5.33 Å². The third kappa shape index (κ3) is 6.29. The van der Waals surface area contributed by atoms with E-state index in [4.69, 9.17) is 4.74 Å². The van der Waals surface area contributed by atoms with E-state index < -0.39 is 7.92 Å². The van der Waals surface area contributed by atoms with Gasteiger partial charge < -0.3 is 4.74 Å². The topological polar surface area (TPSA) is 9.23 Å². The van der Waals surface area contributed by atoms with Crippen LogP contribution in [0.2, 0.25) is 0 Å². The maximum absolute atomic E-state index is 5.00. The van der Waals surface area contributed by atoms with E-state index >= 15 is 0 Å². The first-order valence-electron chi connectivity index (χ1n) is 9.46. The highest BCUT2D eigenvalue weighted by Crippen LogP contribution is 2.32. The van der Waals surface area contributed by atoms with Crippen LogP contribution in [0.1, 0.15) is 5.56 Å². The van der Waals surface area contributed by atoms with Gasteiger partial charge in [-0.1, -0.05) is 119 Å². The van der Waals surface area contributed by atoms with Crippen LogP contribution < -0.4 is 20.7 Å². The minimum absolute atomic E-state index is 0.446. The zero-order valence-corrected chi connectivity index (χ0v) is 18.9. The molecular weight excluding hydrogens is 439 g/mol. The van der Waals surface area contributed by atoms with Crippen LogP contribution in [-0.2, 0) is 5.33 Å². The van der Waals surface area contributed by atoms with Crippen LogP contribution in [0, 0.1) is 0 Å². The Morgan fingerprint density at radius 1 is 0.586 bits per heavy atom. The molecule has 0 aliphatic heterocycles. The van der Waals surface area contributed by atoms with Crippen molar-refractivity contribution in [3.63, 3.8) is 0 Å². The molecule has 3 heteroatoms. The lowest BCUT2D eigenvalue weighted by atomic mass is 10.2. The minimum atomic E-state index is -0.446. The van der Waals surface area contributed by atoms with E-state index in [0.29, 0.717) is 0 Å². The second kappa shape index (κ2) is 11.6. The molecule has 0 radical (unpaired) electrons. The van der Waals surface area contributed by atoms with Crippen molar-refractivity contribution < 1.29 is 4.74 Å². The Bertz CT molecular complexity index is 841. The molecule has 0 aliphatic carbocycles. The van der Waals surface area contributed by atoms with E-state index in [0.717, 1.165) is 11.1 Å². The molecule has 4 aromatic carbocycles. The molecule has 0 aliphatic rings. The summed E-state index contributed by atoms with van der Waals surface area (Å²) < 4.78 is 5.00. The van der Waals surface area contributed by atoms with Crippen molar-refractivity contribution in [3.8, 4) is 5.75 Å². The molecule has 0 fully saturated rings. The van der Waals surface area contributed by atoms with Crippen molar-refractivity contribution in [3.05, 3.63) is 121 Å². The zero-order valence-electron chi connectivity index (χ0n) is 16.4. The summed E-state index contributed by atoms with van der Waals surface area (Å²) in [5, 5.41) is 5.09. The van der Waals surface area contributed by atoms with E-state index in [-0.39, 0.29) is 0 Å². The fourth-order valence-corrected chi connectivity index (χ4v) is 5.57. The Kier molecular flexibility index (Phi) is 8.49. The SMILES string of the molecule is COc1ccc(CBr)cc1.c1ccc(P(c2ccccc2)c2ccccc2)cc1. The molecule has 0 heterocycles. The first kappa shape index (κ1) is 21.3. The highest BCUT2D eigenvalue weighted by Gasteiger charge is 2.14. The van der Waals surface area contributed by atoms with Crippen molar-refractivity contribution in [2.24, 2.45) is 0 Å². The molecule has 0 bridgehead atoms. The van der Waals surface area contributed by atoms with Crippen molar-refractivity contribution in [2.75, 3.05) is 7.11 Å². The van der Waals surface area contributed by atoms with Crippen LogP contribution in [0.25, 0.3) is 0 Å². The van der Waals surface area contributed by atoms with Crippen molar-refractivity contribution in [1.29, 1.82) is 0 Å². The molecule has 0 spiro atoms. The predicted molar refractivity (Wildman–Crippen MR) is 131 cm³/mol. The Balaban J connectivity index is 0.000000204. The molecule has 1 nitrogen and oxygen atoms in total. The zero-order chi connectivity index (χ0) is 20.3. The monoisotopic (exact) mass is 462 g/mol. The molecule has 0 saturated heterocycles. The van der Waals surface area contributed by atoms with Crippen LogP contribution in [0.3, 0.4) is 0 Å². The summed E-state index contributed by atoms with van der Waals surface area (Å²) >= 11 is 3.36. The Morgan fingerprint density at radius 3 is 1.28 bits per heavy atom. The minimum Gasteiger partial charge on any atom is -0.497 e. The third-order valence-electron chi connectivity index (χ3n) is 4.36. The van der Waals surface area contributed by atoms with Crippen LogP contribution in [-0.4, -0.2) is 7.11 Å². The average molecular weight is 463 g/mol. The lowest BCUT2D eigenvalue weighted by Gasteiger charge is -2.18. The molecular formula is C26H24BrOP. The van der Waals surface area contributed by atoms with E-state index in [1.54, 1.807) is 7.11 Å². The summed E-state index contributed by atoms with van der Waals surface area (Å²) in [4.78, 5) is 0. The molecule has 0 unspecified atom stereocenters. The first-order valence-corrected chi connectivity index (χ1v) is 11.9. The van der Waals surface area contributed by atoms with Crippen LogP contribution in [0.15, 0.2) is 115 Å². The lowest BCUT2D eigenvalue weighted by molar-refractivity contribution is 0.414. The second-order valence-corrected chi connectivity index (χ2v) is 9.10. The number of alkyl halides is 1. The highest BCUT2D eigenvalue weighted by molar-refractivity contribution is 9.08. The van der Waals surface area contributed by atoms with Gasteiger partial charge in [-0.15, -0.1) is 0 Å². The van der Waals surface area contributed by atoms with E-state index in [9.17, 15) is 0 Å². The van der Waals surface area contributed by atoms with Gasteiger partial charge >= 0.3 is 0 Å². The van der Waals surface area contributed by atoms with Gasteiger partial charge in [0, 0.05) is 5.33 Å². The fraction of sp³-hybridized carbons (Fsp3) is 0.0769. The van der Waals surface area contributed by atoms with Gasteiger partial charge in [-0.25, -0.2) is 0 Å². The number of hydrogen-bond donors (Lipinski definition) is 0. The van der Waals surface area contributed by atoms with Crippen molar-refractivity contribution in [1.82, 2.24) is 0 Å². The standard InChI is InChI=1S/C18H15P.C8H9BrO/c1-4-10-16(11-5-1)19(17-12-6-2-7-13-17)18-14-8-3-9-15-18;1-10-8-4-2-7(6-9)3-5-8/h1-15H;2-5H,6H2,1H3. The molecule has 4 rings (SSSR count). The van der Waals surface area contributed by atoms with Gasteiger partial charge in [-0.3, -0.25) is 0 Å². The summed E-state index contributed by atoms with van der Waals surface area (Å²) in [5.74, 6) is 0.907. The quantitative estimate of drug-likeness (QED) is 0.259. The number of benzene rings is 4. The average Bonchev–Trinajstić information content (AvgIpc) is 2.82. The summed E-state index contributed by atoms with van der Waals surface area (Å²) in [6.45, 7) is 0. The van der Waals surface area contributed by atoms with Gasteiger partial charge in [0.1, 0.15) is 5.75 Å². The van der Waals surface area contributed by atoms with Crippen molar-refractivity contribution >= 4 is 39.8 Å². The van der Waals surface area contributed by atoms with E-state index in [2.05, 4.69) is 107 Å². The van der Waals surface area contributed by atoms with Gasteiger partial charge in [0.05, 0.1) is 7.11 Å². The van der Waals surface area contributed by atoms with Crippen LogP contribution in [0.4, 0.5) is 0 Å². The van der Waals surface area contributed by atoms with E-state index in [1.807, 2.05) is 24.3 Å². The molecule has 0 atom stereocenters. The summed E-state index contributed by atoms with van der Waals surface area (Å²) in [6.07, 6.45) is 0. The highest BCUT2D eigenvalue weighted by atomic mass is 79.9. The number of methoxy groups -OCH3 is 1. The van der Waals surface area contributed by atoms with Crippen LogP contribution in [0.5, 0.6) is 5.75 Å². The molecule has 29 heavy (non-hydrogen) atoms. The predicted octanol–water partition coefficient (Wildman–Crippen LogP) is 6.03. The fourth-order valence-electron chi connectivity index (χ4n) is 2.89. The second-order valence-electron chi connectivity index (χ2n) is 6.32. The summed E-state index contributed by atoms with van der Waals surface area (Å²) in [7, 11) is 1.22.